The van der Waals surface area contributed by atoms with Gasteiger partial charge >= 0.3 is 5.97 Å². The zero-order valence-electron chi connectivity index (χ0n) is 14.0. The molecule has 1 aliphatic rings. The molecule has 0 aliphatic carbocycles. The highest BCUT2D eigenvalue weighted by molar-refractivity contribution is 6.31. The lowest BCUT2D eigenvalue weighted by molar-refractivity contribution is -0.147. The fourth-order valence-corrected chi connectivity index (χ4v) is 3.15. The van der Waals surface area contributed by atoms with Crippen molar-refractivity contribution >= 4 is 23.4 Å². The van der Waals surface area contributed by atoms with Crippen molar-refractivity contribution in [3.05, 3.63) is 69.7 Å². The Morgan fingerprint density at radius 1 is 1.12 bits per heavy atom. The molecule has 5 heteroatoms. The Morgan fingerprint density at radius 2 is 1.76 bits per heavy atom. The molecule has 1 N–H and O–H groups in total. The van der Waals surface area contributed by atoms with Gasteiger partial charge in [0, 0.05) is 36.6 Å². The van der Waals surface area contributed by atoms with Gasteiger partial charge in [0.2, 0.25) is 0 Å². The van der Waals surface area contributed by atoms with Crippen LogP contribution in [-0.4, -0.2) is 34.8 Å². The van der Waals surface area contributed by atoms with Gasteiger partial charge in [0.25, 0.3) is 0 Å². The number of ketones is 1. The van der Waals surface area contributed by atoms with Gasteiger partial charge in [-0.25, -0.2) is 0 Å². The summed E-state index contributed by atoms with van der Waals surface area (Å²) in [5.41, 5.74) is 3.66. The van der Waals surface area contributed by atoms with Gasteiger partial charge in [0.05, 0.1) is 5.92 Å². The first-order chi connectivity index (χ1) is 11.9. The third-order valence-electron chi connectivity index (χ3n) is 4.59. The van der Waals surface area contributed by atoms with Gasteiger partial charge in [-0.05, 0) is 29.7 Å². The van der Waals surface area contributed by atoms with Crippen molar-refractivity contribution in [3.63, 3.8) is 0 Å². The summed E-state index contributed by atoms with van der Waals surface area (Å²) in [7, 11) is 0. The Morgan fingerprint density at radius 3 is 2.36 bits per heavy atom. The number of Topliss-reactive ketones (excluding diaryl/α,β-unsaturated/α-hetero) is 1. The minimum atomic E-state index is -0.728. The van der Waals surface area contributed by atoms with Crippen LogP contribution in [0.1, 0.15) is 27.0 Å². The summed E-state index contributed by atoms with van der Waals surface area (Å²) in [6.45, 7) is 3.82. The van der Waals surface area contributed by atoms with Crippen LogP contribution in [0.15, 0.2) is 42.5 Å². The lowest BCUT2D eigenvalue weighted by Crippen LogP contribution is -2.49. The average Bonchev–Trinajstić information content (AvgIpc) is 2.54. The predicted octanol–water partition coefficient (Wildman–Crippen LogP) is 3.59. The molecule has 3 rings (SSSR count). The molecule has 25 heavy (non-hydrogen) atoms. The maximum atomic E-state index is 12.4. The summed E-state index contributed by atoms with van der Waals surface area (Å²) in [6.07, 6.45) is 0.325. The molecule has 2 aromatic carbocycles. The monoisotopic (exact) mass is 357 g/mol. The lowest BCUT2D eigenvalue weighted by atomic mass is 9.98. The molecule has 1 fully saturated rings. The van der Waals surface area contributed by atoms with Gasteiger partial charge in [-0.15, -0.1) is 0 Å². The fourth-order valence-electron chi connectivity index (χ4n) is 2.94. The van der Waals surface area contributed by atoms with E-state index in [0.29, 0.717) is 36.6 Å². The van der Waals surface area contributed by atoms with Crippen molar-refractivity contribution < 1.29 is 14.7 Å². The van der Waals surface area contributed by atoms with Crippen molar-refractivity contribution in [3.8, 4) is 0 Å². The van der Waals surface area contributed by atoms with E-state index in [1.807, 2.05) is 49.4 Å². The van der Waals surface area contributed by atoms with Crippen LogP contribution in [0.3, 0.4) is 0 Å². The Bertz CT molecular complexity index is 795. The molecule has 0 radical (unpaired) electrons. The van der Waals surface area contributed by atoms with Crippen LogP contribution < -0.4 is 0 Å². The van der Waals surface area contributed by atoms with Crippen molar-refractivity contribution in [1.82, 2.24) is 4.90 Å². The SMILES string of the molecule is Cc1ccc(CC(=O)c2ccc(CN3CC(C(=O)O)C3)cc2)cc1Cl. The van der Waals surface area contributed by atoms with E-state index >= 15 is 0 Å². The van der Waals surface area contributed by atoms with E-state index in [1.54, 1.807) is 0 Å². The van der Waals surface area contributed by atoms with Crippen molar-refractivity contribution in [2.75, 3.05) is 13.1 Å². The number of nitrogens with zero attached hydrogens (tertiary/aromatic N) is 1. The quantitative estimate of drug-likeness (QED) is 0.803. The lowest BCUT2D eigenvalue weighted by Gasteiger charge is -2.36. The van der Waals surface area contributed by atoms with Crippen LogP contribution in [0.25, 0.3) is 0 Å². The molecule has 1 saturated heterocycles. The standard InChI is InChI=1S/C20H20ClNO3/c1-13-2-3-15(8-18(13)21)9-19(23)16-6-4-14(5-7-16)10-22-11-17(12-22)20(24)25/h2-8,17H,9-12H2,1H3,(H,24,25). The normalized spacial score (nSPS) is 15.0. The van der Waals surface area contributed by atoms with E-state index in [2.05, 4.69) is 4.90 Å². The van der Waals surface area contributed by atoms with Crippen molar-refractivity contribution in [1.29, 1.82) is 0 Å². The number of aliphatic carboxylic acids is 1. The molecular weight excluding hydrogens is 338 g/mol. The highest BCUT2D eigenvalue weighted by Gasteiger charge is 2.32. The first kappa shape index (κ1) is 17.6. The predicted molar refractivity (Wildman–Crippen MR) is 97.1 cm³/mol. The van der Waals surface area contributed by atoms with E-state index in [-0.39, 0.29) is 11.7 Å². The second-order valence-electron chi connectivity index (χ2n) is 6.61. The van der Waals surface area contributed by atoms with Crippen LogP contribution in [0.4, 0.5) is 0 Å². The third-order valence-corrected chi connectivity index (χ3v) is 5.00. The van der Waals surface area contributed by atoms with Gasteiger partial charge in [-0.3, -0.25) is 14.5 Å². The molecular formula is C20H20ClNO3. The second-order valence-corrected chi connectivity index (χ2v) is 7.02. The summed E-state index contributed by atoms with van der Waals surface area (Å²) in [5.74, 6) is -0.919. The number of benzene rings is 2. The Hall–Kier alpha value is -2.17. The maximum Gasteiger partial charge on any atom is 0.309 e. The largest absolute Gasteiger partial charge is 0.481 e. The number of halogens is 1. The smallest absolute Gasteiger partial charge is 0.309 e. The zero-order valence-corrected chi connectivity index (χ0v) is 14.8. The minimum absolute atomic E-state index is 0.0568. The molecule has 0 aromatic heterocycles. The number of carbonyl (C=O) groups is 2. The molecule has 4 nitrogen and oxygen atoms in total. The van der Waals surface area contributed by atoms with Gasteiger partial charge < -0.3 is 5.11 Å². The van der Waals surface area contributed by atoms with Gasteiger partial charge in [-0.2, -0.15) is 0 Å². The number of aryl methyl sites for hydroxylation is 1. The van der Waals surface area contributed by atoms with Crippen LogP contribution in [0, 0.1) is 12.8 Å². The van der Waals surface area contributed by atoms with Crippen LogP contribution >= 0.6 is 11.6 Å². The summed E-state index contributed by atoms with van der Waals surface area (Å²) >= 11 is 6.11. The molecule has 0 amide bonds. The van der Waals surface area contributed by atoms with E-state index < -0.39 is 5.97 Å². The fraction of sp³-hybridized carbons (Fsp3) is 0.300. The van der Waals surface area contributed by atoms with Gasteiger partial charge in [0.1, 0.15) is 0 Å². The Labute approximate surface area is 152 Å². The molecule has 0 bridgehead atoms. The molecule has 0 atom stereocenters. The summed E-state index contributed by atoms with van der Waals surface area (Å²) in [5, 5.41) is 9.57. The van der Waals surface area contributed by atoms with Crippen molar-refractivity contribution in [2.24, 2.45) is 5.92 Å². The molecule has 0 unspecified atom stereocenters. The molecule has 130 valence electrons. The summed E-state index contributed by atoms with van der Waals surface area (Å²) in [6, 6.07) is 13.2. The molecule has 0 spiro atoms. The number of hydrogen-bond acceptors (Lipinski definition) is 3. The topological polar surface area (TPSA) is 57.6 Å². The Kier molecular flexibility index (Phi) is 5.21. The van der Waals surface area contributed by atoms with E-state index in [1.165, 1.54) is 0 Å². The van der Waals surface area contributed by atoms with Gasteiger partial charge in [-0.1, -0.05) is 48.0 Å². The zero-order chi connectivity index (χ0) is 18.0. The first-order valence-corrected chi connectivity index (χ1v) is 8.62. The maximum absolute atomic E-state index is 12.4. The van der Waals surface area contributed by atoms with E-state index in [9.17, 15) is 9.59 Å². The average molecular weight is 358 g/mol. The van der Waals surface area contributed by atoms with Gasteiger partial charge in [0.15, 0.2) is 5.78 Å². The van der Waals surface area contributed by atoms with Crippen molar-refractivity contribution in [2.45, 2.75) is 19.9 Å². The number of likely N-dealkylation sites (tertiary alicyclic amines) is 1. The number of carbonyl (C=O) groups excluding carboxylic acids is 1. The number of carboxylic acids is 1. The van der Waals surface area contributed by atoms with Crippen LogP contribution in [-0.2, 0) is 17.8 Å². The first-order valence-electron chi connectivity index (χ1n) is 8.24. The van der Waals surface area contributed by atoms with Crippen LogP contribution in [0.2, 0.25) is 5.02 Å². The van der Waals surface area contributed by atoms with E-state index in [0.717, 1.165) is 16.7 Å². The highest BCUT2D eigenvalue weighted by Crippen LogP contribution is 2.20. The number of carboxylic acid groups (broad SMARTS) is 1. The third kappa shape index (κ3) is 4.27. The number of hydrogen-bond donors (Lipinski definition) is 1. The Balaban J connectivity index is 1.57. The molecule has 0 saturated carbocycles. The summed E-state index contributed by atoms with van der Waals surface area (Å²) in [4.78, 5) is 25.3. The minimum Gasteiger partial charge on any atom is -0.481 e. The molecule has 2 aromatic rings. The van der Waals surface area contributed by atoms with E-state index in [4.69, 9.17) is 16.7 Å². The summed E-state index contributed by atoms with van der Waals surface area (Å²) < 4.78 is 0. The molecule has 1 heterocycles. The molecule has 1 aliphatic heterocycles. The highest BCUT2D eigenvalue weighted by atomic mass is 35.5. The van der Waals surface area contributed by atoms with Crippen LogP contribution in [0.5, 0.6) is 0 Å². The second kappa shape index (κ2) is 7.38. The number of rotatable bonds is 6.